The summed E-state index contributed by atoms with van der Waals surface area (Å²) in [4.78, 5) is 18.5. The summed E-state index contributed by atoms with van der Waals surface area (Å²) in [5.41, 5.74) is 0.783. The molecule has 0 saturated carbocycles. The number of carbonyl (C=O) groups excluding carboxylic acids is 1. The summed E-state index contributed by atoms with van der Waals surface area (Å²) >= 11 is 0. The van der Waals surface area contributed by atoms with Crippen molar-refractivity contribution in [3.8, 4) is 0 Å². The zero-order valence-electron chi connectivity index (χ0n) is 16.0. The van der Waals surface area contributed by atoms with E-state index in [4.69, 9.17) is 4.74 Å². The number of fused-ring (bicyclic) bond motifs is 1. The van der Waals surface area contributed by atoms with Crippen LogP contribution in [0.15, 0.2) is 17.2 Å². The first kappa shape index (κ1) is 20.6. The number of amides is 1. The summed E-state index contributed by atoms with van der Waals surface area (Å²) in [6.45, 7) is 10.0. The largest absolute Gasteiger partial charge is 0.444 e. The second-order valence-electron chi connectivity index (χ2n) is 8.17. The van der Waals surface area contributed by atoms with Crippen LogP contribution in [0.4, 0.5) is 4.79 Å². The van der Waals surface area contributed by atoms with Crippen molar-refractivity contribution in [1.82, 2.24) is 9.88 Å². The summed E-state index contributed by atoms with van der Waals surface area (Å²) in [6, 6.07) is 2.74. The number of rotatable bonds is 4. The SMILES string of the molecule is CC(C)CCC1Cc2nc(S(=O)(=O)O)ccc2CN1C(=O)OC(C)(C)C. The van der Waals surface area contributed by atoms with Crippen molar-refractivity contribution in [3.05, 3.63) is 23.4 Å². The monoisotopic (exact) mass is 384 g/mol. The number of carbonyl (C=O) groups is 1. The lowest BCUT2D eigenvalue weighted by Crippen LogP contribution is -2.47. The van der Waals surface area contributed by atoms with E-state index in [1.54, 1.807) is 11.0 Å². The summed E-state index contributed by atoms with van der Waals surface area (Å²) in [5.74, 6) is 0.481. The third kappa shape index (κ3) is 5.41. The van der Waals surface area contributed by atoms with E-state index in [0.29, 0.717) is 24.6 Å². The highest BCUT2D eigenvalue weighted by molar-refractivity contribution is 7.85. The van der Waals surface area contributed by atoms with Gasteiger partial charge in [0, 0.05) is 18.2 Å². The predicted molar refractivity (Wildman–Crippen MR) is 97.4 cm³/mol. The molecule has 8 heteroatoms. The zero-order valence-corrected chi connectivity index (χ0v) is 16.8. The number of hydrogen-bond acceptors (Lipinski definition) is 5. The lowest BCUT2D eigenvalue weighted by Gasteiger charge is -2.37. The van der Waals surface area contributed by atoms with Crippen LogP contribution in [0, 0.1) is 5.92 Å². The van der Waals surface area contributed by atoms with Gasteiger partial charge in [-0.3, -0.25) is 4.55 Å². The van der Waals surface area contributed by atoms with Gasteiger partial charge in [-0.25, -0.2) is 9.78 Å². The highest BCUT2D eigenvalue weighted by Crippen LogP contribution is 2.28. The van der Waals surface area contributed by atoms with Crippen LogP contribution < -0.4 is 0 Å². The molecule has 26 heavy (non-hydrogen) atoms. The zero-order chi connectivity index (χ0) is 19.7. The first-order valence-electron chi connectivity index (χ1n) is 8.82. The topological polar surface area (TPSA) is 96.8 Å². The van der Waals surface area contributed by atoms with Crippen molar-refractivity contribution >= 4 is 16.2 Å². The number of ether oxygens (including phenoxy) is 1. The first-order chi connectivity index (χ1) is 11.9. The van der Waals surface area contributed by atoms with Crippen molar-refractivity contribution in [2.24, 2.45) is 5.92 Å². The van der Waals surface area contributed by atoms with Crippen LogP contribution in [0.25, 0.3) is 0 Å². The molecule has 1 aromatic heterocycles. The van der Waals surface area contributed by atoms with Gasteiger partial charge in [-0.2, -0.15) is 8.42 Å². The summed E-state index contributed by atoms with van der Waals surface area (Å²) in [7, 11) is -4.35. The highest BCUT2D eigenvalue weighted by Gasteiger charge is 2.34. The second kappa shape index (κ2) is 7.52. The van der Waals surface area contributed by atoms with E-state index in [9.17, 15) is 17.8 Å². The normalized spacial score (nSPS) is 18.0. The molecule has 0 radical (unpaired) electrons. The summed E-state index contributed by atoms with van der Waals surface area (Å²) < 4.78 is 37.5. The molecule has 2 heterocycles. The maximum absolute atomic E-state index is 12.7. The Hall–Kier alpha value is -1.67. The Labute approximate surface area is 155 Å². The minimum Gasteiger partial charge on any atom is -0.444 e. The molecular weight excluding hydrogens is 356 g/mol. The lowest BCUT2D eigenvalue weighted by atomic mass is 9.93. The van der Waals surface area contributed by atoms with Crippen LogP contribution in [0.2, 0.25) is 0 Å². The molecule has 0 aromatic carbocycles. The van der Waals surface area contributed by atoms with Gasteiger partial charge in [0.2, 0.25) is 0 Å². The number of aromatic nitrogens is 1. The van der Waals surface area contributed by atoms with E-state index >= 15 is 0 Å². The van der Waals surface area contributed by atoms with Gasteiger partial charge in [-0.1, -0.05) is 19.9 Å². The maximum atomic E-state index is 12.7. The fourth-order valence-corrected chi connectivity index (χ4v) is 3.40. The average molecular weight is 384 g/mol. The van der Waals surface area contributed by atoms with E-state index in [1.165, 1.54) is 6.07 Å². The van der Waals surface area contributed by atoms with Crippen LogP contribution in [0.3, 0.4) is 0 Å². The number of pyridine rings is 1. The van der Waals surface area contributed by atoms with E-state index in [0.717, 1.165) is 18.4 Å². The molecule has 1 aliphatic rings. The van der Waals surface area contributed by atoms with Crippen molar-refractivity contribution in [1.29, 1.82) is 0 Å². The molecule has 1 atom stereocenters. The minimum atomic E-state index is -4.35. The van der Waals surface area contributed by atoms with Crippen LogP contribution in [0.1, 0.15) is 58.7 Å². The molecule has 0 bridgehead atoms. The second-order valence-corrected chi connectivity index (χ2v) is 9.54. The Balaban J connectivity index is 2.32. The van der Waals surface area contributed by atoms with E-state index in [1.807, 2.05) is 20.8 Å². The number of hydrogen-bond donors (Lipinski definition) is 1. The Morgan fingerprint density at radius 2 is 2.04 bits per heavy atom. The van der Waals surface area contributed by atoms with Gasteiger partial charge in [0.05, 0.1) is 6.54 Å². The fraction of sp³-hybridized carbons (Fsp3) is 0.667. The van der Waals surface area contributed by atoms with Gasteiger partial charge in [-0.05, 0) is 51.2 Å². The van der Waals surface area contributed by atoms with E-state index in [-0.39, 0.29) is 17.2 Å². The average Bonchev–Trinajstić information content (AvgIpc) is 2.48. The molecule has 0 fully saturated rings. The van der Waals surface area contributed by atoms with E-state index in [2.05, 4.69) is 18.8 Å². The molecule has 1 amide bonds. The molecule has 1 aliphatic heterocycles. The Morgan fingerprint density at radius 1 is 1.38 bits per heavy atom. The number of nitrogens with zero attached hydrogens (tertiary/aromatic N) is 2. The van der Waals surface area contributed by atoms with Gasteiger partial charge >= 0.3 is 16.2 Å². The van der Waals surface area contributed by atoms with Crippen LogP contribution in [-0.4, -0.2) is 40.6 Å². The predicted octanol–water partition coefficient (Wildman–Crippen LogP) is 3.43. The standard InChI is InChI=1S/C18H28N2O5S/c1-12(2)6-8-14-10-15-13(7-9-16(19-15)26(22,23)24)11-20(14)17(21)25-18(3,4)5/h7,9,12,14H,6,8,10-11H2,1-5H3,(H,22,23,24). The summed E-state index contributed by atoms with van der Waals surface area (Å²) in [6.07, 6.45) is 1.76. The smallest absolute Gasteiger partial charge is 0.410 e. The van der Waals surface area contributed by atoms with Gasteiger partial charge < -0.3 is 9.64 Å². The van der Waals surface area contributed by atoms with Crippen LogP contribution >= 0.6 is 0 Å². The highest BCUT2D eigenvalue weighted by atomic mass is 32.2. The first-order valence-corrected chi connectivity index (χ1v) is 10.3. The fourth-order valence-electron chi connectivity index (χ4n) is 2.94. The van der Waals surface area contributed by atoms with Crippen molar-refractivity contribution in [2.75, 3.05) is 0 Å². The minimum absolute atomic E-state index is 0.121. The van der Waals surface area contributed by atoms with Crippen molar-refractivity contribution < 1.29 is 22.5 Å². The molecule has 1 N–H and O–H groups in total. The van der Waals surface area contributed by atoms with Gasteiger partial charge in [0.1, 0.15) is 5.60 Å². The molecule has 1 aromatic rings. The van der Waals surface area contributed by atoms with Crippen LogP contribution in [-0.2, 0) is 27.8 Å². The molecule has 146 valence electrons. The molecule has 0 aliphatic carbocycles. The maximum Gasteiger partial charge on any atom is 0.410 e. The molecule has 0 saturated heterocycles. The molecule has 0 spiro atoms. The Kier molecular flexibility index (Phi) is 5.97. The quantitative estimate of drug-likeness (QED) is 0.799. The Bertz CT molecular complexity index is 768. The van der Waals surface area contributed by atoms with Gasteiger partial charge in [-0.15, -0.1) is 0 Å². The van der Waals surface area contributed by atoms with Gasteiger partial charge in [0.15, 0.2) is 5.03 Å². The lowest BCUT2D eigenvalue weighted by molar-refractivity contribution is 0.0102. The molecule has 7 nitrogen and oxygen atoms in total. The molecule has 1 unspecified atom stereocenters. The van der Waals surface area contributed by atoms with Crippen molar-refractivity contribution in [3.63, 3.8) is 0 Å². The molecular formula is C18H28N2O5S. The summed E-state index contributed by atoms with van der Waals surface area (Å²) in [5, 5.41) is -0.357. The van der Waals surface area contributed by atoms with E-state index < -0.39 is 15.7 Å². The Morgan fingerprint density at radius 3 is 2.58 bits per heavy atom. The van der Waals surface area contributed by atoms with Crippen molar-refractivity contribution in [2.45, 2.75) is 77.1 Å². The van der Waals surface area contributed by atoms with Crippen LogP contribution in [0.5, 0.6) is 0 Å². The third-order valence-electron chi connectivity index (χ3n) is 4.22. The third-order valence-corrected chi connectivity index (χ3v) is 4.98. The van der Waals surface area contributed by atoms with Gasteiger partial charge in [0.25, 0.3) is 0 Å². The molecule has 2 rings (SSSR count).